The molecule has 1 saturated heterocycles. The quantitative estimate of drug-likeness (QED) is 0.720. The zero-order valence-electron chi connectivity index (χ0n) is 12.2. The molecule has 0 aromatic carbocycles. The van der Waals surface area contributed by atoms with Gasteiger partial charge in [0.2, 0.25) is 0 Å². The fraction of sp³-hybridized carbons (Fsp3) is 1.00. The van der Waals surface area contributed by atoms with E-state index in [0.29, 0.717) is 18.0 Å². The highest BCUT2D eigenvalue weighted by atomic mass is 15.1. The first kappa shape index (κ1) is 14.9. The fourth-order valence-electron chi connectivity index (χ4n) is 2.41. The number of likely N-dealkylation sites (tertiary alicyclic amines) is 1. The molecule has 1 aliphatic rings. The highest BCUT2D eigenvalue weighted by Crippen LogP contribution is 2.15. The van der Waals surface area contributed by atoms with Gasteiger partial charge < -0.3 is 15.5 Å². The van der Waals surface area contributed by atoms with Crippen molar-refractivity contribution in [2.24, 2.45) is 11.7 Å². The second-order valence-corrected chi connectivity index (χ2v) is 6.01. The molecule has 3 nitrogen and oxygen atoms in total. The van der Waals surface area contributed by atoms with E-state index >= 15 is 0 Å². The van der Waals surface area contributed by atoms with Gasteiger partial charge in [0.1, 0.15) is 0 Å². The Morgan fingerprint density at radius 3 is 2.65 bits per heavy atom. The van der Waals surface area contributed by atoms with Crippen LogP contribution in [0.3, 0.4) is 0 Å². The Balaban J connectivity index is 2.07. The number of unbranched alkanes of at least 4 members (excludes halogenated alkanes) is 1. The maximum absolute atomic E-state index is 6.03. The summed E-state index contributed by atoms with van der Waals surface area (Å²) in [5.74, 6) is 0.669. The SMILES string of the molecule is CC1CN(CCCCN(C)C(C)C)CCC1N. The minimum Gasteiger partial charge on any atom is -0.327 e. The third kappa shape index (κ3) is 5.36. The molecule has 102 valence electrons. The highest BCUT2D eigenvalue weighted by Gasteiger charge is 2.22. The van der Waals surface area contributed by atoms with Crippen LogP contribution in [0.25, 0.3) is 0 Å². The predicted octanol–water partition coefficient (Wildman–Crippen LogP) is 1.78. The van der Waals surface area contributed by atoms with E-state index in [1.54, 1.807) is 0 Å². The van der Waals surface area contributed by atoms with Crippen LogP contribution >= 0.6 is 0 Å². The van der Waals surface area contributed by atoms with Gasteiger partial charge in [-0.1, -0.05) is 6.92 Å². The van der Waals surface area contributed by atoms with Gasteiger partial charge in [-0.15, -0.1) is 0 Å². The van der Waals surface area contributed by atoms with Gasteiger partial charge in [-0.2, -0.15) is 0 Å². The van der Waals surface area contributed by atoms with Gasteiger partial charge in [-0.25, -0.2) is 0 Å². The number of hydrogen-bond donors (Lipinski definition) is 1. The van der Waals surface area contributed by atoms with E-state index in [0.717, 1.165) is 0 Å². The molecule has 1 aliphatic heterocycles. The van der Waals surface area contributed by atoms with Crippen LogP contribution in [-0.4, -0.2) is 55.1 Å². The summed E-state index contributed by atoms with van der Waals surface area (Å²) in [6.07, 6.45) is 3.80. The average molecular weight is 241 g/mol. The lowest BCUT2D eigenvalue weighted by Crippen LogP contribution is -2.46. The Labute approximate surface area is 107 Å². The number of nitrogens with zero attached hydrogens (tertiary/aromatic N) is 2. The normalized spacial score (nSPS) is 27.0. The lowest BCUT2D eigenvalue weighted by molar-refractivity contribution is 0.159. The minimum atomic E-state index is 0.429. The second-order valence-electron chi connectivity index (χ2n) is 6.01. The van der Waals surface area contributed by atoms with Crippen LogP contribution < -0.4 is 5.73 Å². The molecule has 0 spiro atoms. The fourth-order valence-corrected chi connectivity index (χ4v) is 2.41. The van der Waals surface area contributed by atoms with Crippen molar-refractivity contribution in [3.05, 3.63) is 0 Å². The van der Waals surface area contributed by atoms with Crippen LogP contribution in [0, 0.1) is 5.92 Å². The molecule has 0 saturated carbocycles. The zero-order chi connectivity index (χ0) is 12.8. The minimum absolute atomic E-state index is 0.429. The van der Waals surface area contributed by atoms with Crippen LogP contribution in [0.5, 0.6) is 0 Å². The molecule has 1 rings (SSSR count). The average Bonchev–Trinajstić information content (AvgIpc) is 2.28. The molecule has 0 radical (unpaired) electrons. The predicted molar refractivity (Wildman–Crippen MR) is 75.2 cm³/mol. The van der Waals surface area contributed by atoms with Crippen molar-refractivity contribution in [1.29, 1.82) is 0 Å². The molecule has 1 heterocycles. The van der Waals surface area contributed by atoms with E-state index in [4.69, 9.17) is 5.73 Å². The van der Waals surface area contributed by atoms with E-state index in [2.05, 4.69) is 37.6 Å². The number of nitrogens with two attached hydrogens (primary N) is 1. The molecule has 2 unspecified atom stereocenters. The molecular weight excluding hydrogens is 210 g/mol. The second kappa shape index (κ2) is 7.34. The summed E-state index contributed by atoms with van der Waals surface area (Å²) < 4.78 is 0. The van der Waals surface area contributed by atoms with Crippen molar-refractivity contribution >= 4 is 0 Å². The number of hydrogen-bond acceptors (Lipinski definition) is 3. The van der Waals surface area contributed by atoms with Crippen LogP contribution in [0.1, 0.15) is 40.0 Å². The van der Waals surface area contributed by atoms with E-state index in [9.17, 15) is 0 Å². The van der Waals surface area contributed by atoms with Crippen LogP contribution in [-0.2, 0) is 0 Å². The van der Waals surface area contributed by atoms with E-state index in [1.165, 1.54) is 45.4 Å². The molecule has 0 bridgehead atoms. The molecule has 3 heteroatoms. The van der Waals surface area contributed by atoms with Crippen molar-refractivity contribution in [3.8, 4) is 0 Å². The summed E-state index contributed by atoms with van der Waals surface area (Å²) in [5, 5.41) is 0. The van der Waals surface area contributed by atoms with E-state index < -0.39 is 0 Å². The van der Waals surface area contributed by atoms with E-state index in [1.807, 2.05) is 0 Å². The van der Waals surface area contributed by atoms with Crippen molar-refractivity contribution in [1.82, 2.24) is 9.80 Å². The van der Waals surface area contributed by atoms with Gasteiger partial charge in [0.15, 0.2) is 0 Å². The van der Waals surface area contributed by atoms with Gasteiger partial charge >= 0.3 is 0 Å². The maximum Gasteiger partial charge on any atom is 0.00889 e. The van der Waals surface area contributed by atoms with Crippen LogP contribution in [0.15, 0.2) is 0 Å². The Bertz CT molecular complexity index is 206. The maximum atomic E-state index is 6.03. The van der Waals surface area contributed by atoms with Gasteiger partial charge in [0.25, 0.3) is 0 Å². The molecular formula is C14H31N3. The Hall–Kier alpha value is -0.120. The Morgan fingerprint density at radius 1 is 1.35 bits per heavy atom. The summed E-state index contributed by atoms with van der Waals surface area (Å²) in [5.41, 5.74) is 6.03. The third-order valence-electron chi connectivity index (χ3n) is 4.17. The van der Waals surface area contributed by atoms with Crippen molar-refractivity contribution in [2.75, 3.05) is 33.2 Å². The third-order valence-corrected chi connectivity index (χ3v) is 4.17. The van der Waals surface area contributed by atoms with E-state index in [-0.39, 0.29) is 0 Å². The van der Waals surface area contributed by atoms with Crippen molar-refractivity contribution in [3.63, 3.8) is 0 Å². The number of piperidine rings is 1. The highest BCUT2D eigenvalue weighted by molar-refractivity contribution is 4.79. The molecule has 0 aromatic rings. The first-order valence-corrected chi connectivity index (χ1v) is 7.19. The summed E-state index contributed by atoms with van der Waals surface area (Å²) in [7, 11) is 2.21. The molecule has 1 fully saturated rings. The topological polar surface area (TPSA) is 32.5 Å². The Morgan fingerprint density at radius 2 is 2.06 bits per heavy atom. The first-order chi connectivity index (χ1) is 8.00. The van der Waals surface area contributed by atoms with Crippen molar-refractivity contribution < 1.29 is 0 Å². The molecule has 17 heavy (non-hydrogen) atoms. The van der Waals surface area contributed by atoms with Gasteiger partial charge in [-0.3, -0.25) is 0 Å². The largest absolute Gasteiger partial charge is 0.327 e. The van der Waals surface area contributed by atoms with Crippen LogP contribution in [0.2, 0.25) is 0 Å². The summed E-state index contributed by atoms with van der Waals surface area (Å²) in [6, 6.07) is 1.10. The molecule has 2 atom stereocenters. The zero-order valence-corrected chi connectivity index (χ0v) is 12.2. The molecule has 0 amide bonds. The number of rotatable bonds is 6. The molecule has 0 aromatic heterocycles. The summed E-state index contributed by atoms with van der Waals surface area (Å²) in [4.78, 5) is 5.01. The van der Waals surface area contributed by atoms with Gasteiger partial charge in [-0.05, 0) is 65.7 Å². The first-order valence-electron chi connectivity index (χ1n) is 7.19. The summed E-state index contributed by atoms with van der Waals surface area (Å²) in [6.45, 7) is 11.7. The molecule has 0 aliphatic carbocycles. The lowest BCUT2D eigenvalue weighted by atomic mass is 9.95. The smallest absolute Gasteiger partial charge is 0.00889 e. The van der Waals surface area contributed by atoms with Crippen LogP contribution in [0.4, 0.5) is 0 Å². The van der Waals surface area contributed by atoms with Gasteiger partial charge in [0, 0.05) is 18.6 Å². The Kier molecular flexibility index (Phi) is 6.45. The lowest BCUT2D eigenvalue weighted by Gasteiger charge is -2.35. The summed E-state index contributed by atoms with van der Waals surface area (Å²) >= 11 is 0. The monoisotopic (exact) mass is 241 g/mol. The van der Waals surface area contributed by atoms with Crippen molar-refractivity contribution in [2.45, 2.75) is 52.1 Å². The molecule has 2 N–H and O–H groups in total. The standard InChI is InChI=1S/C14H31N3/c1-12(2)16(4)8-5-6-9-17-10-7-14(15)13(3)11-17/h12-14H,5-11,15H2,1-4H3. The van der Waals surface area contributed by atoms with Gasteiger partial charge in [0.05, 0.1) is 0 Å².